The molecule has 16 heavy (non-hydrogen) atoms. The summed E-state index contributed by atoms with van der Waals surface area (Å²) in [5, 5.41) is 3.82. The highest BCUT2D eigenvalue weighted by Crippen LogP contribution is 2.37. The van der Waals surface area contributed by atoms with Crippen LogP contribution in [0.4, 0.5) is 4.39 Å². The summed E-state index contributed by atoms with van der Waals surface area (Å²) in [5.74, 6) is 2.17. The quantitative estimate of drug-likeness (QED) is 0.827. The second kappa shape index (κ2) is 4.94. The number of hydrogen-bond donors (Lipinski definition) is 1. The molecule has 1 aliphatic rings. The Labute approximate surface area is 105 Å². The minimum absolute atomic E-state index is 0.193. The lowest BCUT2D eigenvalue weighted by atomic mass is 9.92. The first-order valence-corrected chi connectivity index (χ1v) is 6.89. The molecule has 0 aliphatic carbocycles. The number of fused-ring (bicyclic) bond motifs is 1. The van der Waals surface area contributed by atoms with E-state index in [0.29, 0.717) is 10.9 Å². The van der Waals surface area contributed by atoms with Gasteiger partial charge in [-0.25, -0.2) is 4.39 Å². The van der Waals surface area contributed by atoms with E-state index in [-0.39, 0.29) is 11.9 Å². The van der Waals surface area contributed by atoms with Crippen molar-refractivity contribution in [3.05, 3.63) is 34.1 Å². The molecule has 0 bridgehead atoms. The SMILES string of the molecule is CNC1c2cc(F)cc(Cl)c2CSCC1C. The van der Waals surface area contributed by atoms with Crippen molar-refractivity contribution >= 4 is 23.4 Å². The van der Waals surface area contributed by atoms with E-state index in [1.807, 2.05) is 18.8 Å². The predicted octanol–water partition coefficient (Wildman–Crippen LogP) is 3.62. The Kier molecular flexibility index (Phi) is 3.77. The highest BCUT2D eigenvalue weighted by atomic mass is 35.5. The van der Waals surface area contributed by atoms with Crippen molar-refractivity contribution in [2.45, 2.75) is 18.7 Å². The van der Waals surface area contributed by atoms with Crippen LogP contribution in [0.15, 0.2) is 12.1 Å². The van der Waals surface area contributed by atoms with Gasteiger partial charge >= 0.3 is 0 Å². The van der Waals surface area contributed by atoms with E-state index in [9.17, 15) is 4.39 Å². The summed E-state index contributed by atoms with van der Waals surface area (Å²) in [6, 6.07) is 3.22. The van der Waals surface area contributed by atoms with Gasteiger partial charge in [0.2, 0.25) is 0 Å². The van der Waals surface area contributed by atoms with Crippen molar-refractivity contribution < 1.29 is 4.39 Å². The molecule has 0 spiro atoms. The molecule has 0 amide bonds. The van der Waals surface area contributed by atoms with E-state index in [0.717, 1.165) is 22.6 Å². The largest absolute Gasteiger partial charge is 0.313 e. The first-order chi connectivity index (χ1) is 7.63. The van der Waals surface area contributed by atoms with E-state index < -0.39 is 0 Å². The maximum Gasteiger partial charge on any atom is 0.125 e. The highest BCUT2D eigenvalue weighted by molar-refractivity contribution is 7.98. The van der Waals surface area contributed by atoms with E-state index in [1.165, 1.54) is 6.07 Å². The third kappa shape index (κ3) is 2.22. The number of rotatable bonds is 1. The Hall–Kier alpha value is -0.250. The maximum atomic E-state index is 13.4. The van der Waals surface area contributed by atoms with Gasteiger partial charge in [0.15, 0.2) is 0 Å². The van der Waals surface area contributed by atoms with Crippen LogP contribution in [0.5, 0.6) is 0 Å². The Morgan fingerprint density at radius 3 is 2.94 bits per heavy atom. The molecule has 0 saturated heterocycles. The van der Waals surface area contributed by atoms with Gasteiger partial charge in [0.05, 0.1) is 0 Å². The van der Waals surface area contributed by atoms with Crippen LogP contribution in [0.2, 0.25) is 5.02 Å². The molecule has 0 fully saturated rings. The zero-order valence-electron chi connectivity index (χ0n) is 9.39. The predicted molar refractivity (Wildman–Crippen MR) is 68.5 cm³/mol. The van der Waals surface area contributed by atoms with Crippen LogP contribution in [0.1, 0.15) is 24.1 Å². The molecule has 1 N–H and O–H groups in total. The topological polar surface area (TPSA) is 12.0 Å². The van der Waals surface area contributed by atoms with Gasteiger partial charge in [0.25, 0.3) is 0 Å². The van der Waals surface area contributed by atoms with E-state index in [4.69, 9.17) is 11.6 Å². The van der Waals surface area contributed by atoms with Crippen molar-refractivity contribution in [1.82, 2.24) is 5.32 Å². The van der Waals surface area contributed by atoms with E-state index in [2.05, 4.69) is 12.2 Å². The van der Waals surface area contributed by atoms with Crippen molar-refractivity contribution in [2.75, 3.05) is 12.8 Å². The third-order valence-corrected chi connectivity index (χ3v) is 4.63. The second-order valence-corrected chi connectivity index (χ2v) is 5.65. The first kappa shape index (κ1) is 12.2. The summed E-state index contributed by atoms with van der Waals surface area (Å²) in [7, 11) is 1.92. The van der Waals surface area contributed by atoms with Crippen LogP contribution in [0.3, 0.4) is 0 Å². The zero-order valence-corrected chi connectivity index (χ0v) is 11.0. The molecule has 1 heterocycles. The van der Waals surface area contributed by atoms with Gasteiger partial charge in [0.1, 0.15) is 5.82 Å². The standard InChI is InChI=1S/C12H15ClFNS/c1-7-5-16-6-10-9(12(7)15-2)3-8(14)4-11(10)13/h3-4,7,12,15H,5-6H2,1-2H3. The summed E-state index contributed by atoms with van der Waals surface area (Å²) < 4.78 is 13.4. The van der Waals surface area contributed by atoms with Crippen LogP contribution in [-0.2, 0) is 5.75 Å². The molecule has 88 valence electrons. The molecule has 0 radical (unpaired) electrons. The van der Waals surface area contributed by atoms with Gasteiger partial charge < -0.3 is 5.32 Å². The second-order valence-electron chi connectivity index (χ2n) is 4.21. The Bertz CT molecular complexity index is 397. The normalized spacial score (nSPS) is 25.0. The summed E-state index contributed by atoms with van der Waals surface area (Å²) >= 11 is 7.97. The van der Waals surface area contributed by atoms with Gasteiger partial charge in [-0.2, -0.15) is 11.8 Å². The number of benzene rings is 1. The lowest BCUT2D eigenvalue weighted by Gasteiger charge is -2.23. The Morgan fingerprint density at radius 2 is 2.25 bits per heavy atom. The monoisotopic (exact) mass is 259 g/mol. The average Bonchev–Trinajstić information content (AvgIpc) is 2.37. The van der Waals surface area contributed by atoms with Crippen LogP contribution >= 0.6 is 23.4 Å². The number of thioether (sulfide) groups is 1. The van der Waals surface area contributed by atoms with Gasteiger partial charge in [0, 0.05) is 16.8 Å². The van der Waals surface area contributed by atoms with Crippen LogP contribution in [0, 0.1) is 11.7 Å². The van der Waals surface area contributed by atoms with Crippen molar-refractivity contribution in [1.29, 1.82) is 0 Å². The molecule has 2 unspecified atom stereocenters. The number of halogens is 2. The van der Waals surface area contributed by atoms with Gasteiger partial charge in [-0.05, 0) is 42.0 Å². The van der Waals surface area contributed by atoms with Crippen molar-refractivity contribution in [3.8, 4) is 0 Å². The maximum absolute atomic E-state index is 13.4. The van der Waals surface area contributed by atoms with Gasteiger partial charge in [-0.1, -0.05) is 18.5 Å². The first-order valence-electron chi connectivity index (χ1n) is 5.36. The zero-order chi connectivity index (χ0) is 11.7. The third-order valence-electron chi connectivity index (χ3n) is 3.04. The molecule has 0 saturated carbocycles. The molecule has 2 rings (SSSR count). The summed E-state index contributed by atoms with van der Waals surface area (Å²) in [5.41, 5.74) is 2.10. The molecule has 1 aromatic rings. The number of nitrogens with one attached hydrogen (secondary N) is 1. The van der Waals surface area contributed by atoms with Crippen LogP contribution in [-0.4, -0.2) is 12.8 Å². The van der Waals surface area contributed by atoms with E-state index in [1.54, 1.807) is 6.07 Å². The van der Waals surface area contributed by atoms with E-state index >= 15 is 0 Å². The molecule has 4 heteroatoms. The molecular weight excluding hydrogens is 245 g/mol. The lowest BCUT2D eigenvalue weighted by molar-refractivity contribution is 0.448. The van der Waals surface area contributed by atoms with Gasteiger partial charge in [-0.15, -0.1) is 0 Å². The van der Waals surface area contributed by atoms with Gasteiger partial charge in [-0.3, -0.25) is 0 Å². The fraction of sp³-hybridized carbons (Fsp3) is 0.500. The molecule has 1 nitrogen and oxygen atoms in total. The van der Waals surface area contributed by atoms with Crippen LogP contribution < -0.4 is 5.32 Å². The minimum atomic E-state index is -0.247. The Balaban J connectivity index is 2.53. The van der Waals surface area contributed by atoms with Crippen LogP contribution in [0.25, 0.3) is 0 Å². The molecule has 1 aliphatic heterocycles. The fourth-order valence-corrected chi connectivity index (χ4v) is 3.81. The summed E-state index contributed by atoms with van der Waals surface area (Å²) in [4.78, 5) is 0. The molecule has 0 aromatic heterocycles. The molecule has 2 atom stereocenters. The highest BCUT2D eigenvalue weighted by Gasteiger charge is 2.25. The summed E-state index contributed by atoms with van der Waals surface area (Å²) in [6.45, 7) is 2.18. The lowest BCUT2D eigenvalue weighted by Crippen LogP contribution is -2.24. The smallest absolute Gasteiger partial charge is 0.125 e. The fourth-order valence-electron chi connectivity index (χ4n) is 2.24. The van der Waals surface area contributed by atoms with Crippen molar-refractivity contribution in [3.63, 3.8) is 0 Å². The minimum Gasteiger partial charge on any atom is -0.313 e. The Morgan fingerprint density at radius 1 is 1.50 bits per heavy atom. The molecular formula is C12H15ClFNS. The molecule has 1 aromatic carbocycles. The van der Waals surface area contributed by atoms with Crippen molar-refractivity contribution in [2.24, 2.45) is 5.92 Å². The number of hydrogen-bond acceptors (Lipinski definition) is 2. The average molecular weight is 260 g/mol. The summed E-state index contributed by atoms with van der Waals surface area (Å²) in [6.07, 6.45) is 0.